The lowest BCUT2D eigenvalue weighted by Gasteiger charge is -2.36. The Kier molecular flexibility index (Phi) is 4.47. The van der Waals surface area contributed by atoms with Crippen LogP contribution in [0, 0.1) is 11.8 Å². The standard InChI is InChI=1S/C15H27NO/c1-12(2)14-10-6-7-11-16(15(14)17)13-8-4-3-5-9-13/h12-14H,3-11H2,1-2H3. The largest absolute Gasteiger partial charge is 0.339 e. The first-order chi connectivity index (χ1) is 8.20. The second-order valence-electron chi connectivity index (χ2n) is 6.17. The smallest absolute Gasteiger partial charge is 0.226 e. The number of carbonyl (C=O) groups is 1. The number of amides is 1. The van der Waals surface area contributed by atoms with Crippen LogP contribution < -0.4 is 0 Å². The Morgan fingerprint density at radius 3 is 2.29 bits per heavy atom. The highest BCUT2D eigenvalue weighted by Crippen LogP contribution is 2.30. The number of carbonyl (C=O) groups excluding carboxylic acids is 1. The monoisotopic (exact) mass is 237 g/mol. The summed E-state index contributed by atoms with van der Waals surface area (Å²) in [6.45, 7) is 5.42. The quantitative estimate of drug-likeness (QED) is 0.718. The van der Waals surface area contributed by atoms with Crippen LogP contribution in [0.15, 0.2) is 0 Å². The summed E-state index contributed by atoms with van der Waals surface area (Å²) < 4.78 is 0. The van der Waals surface area contributed by atoms with Crippen molar-refractivity contribution in [3.8, 4) is 0 Å². The molecule has 2 heteroatoms. The van der Waals surface area contributed by atoms with Gasteiger partial charge >= 0.3 is 0 Å². The van der Waals surface area contributed by atoms with E-state index in [4.69, 9.17) is 0 Å². The minimum absolute atomic E-state index is 0.291. The van der Waals surface area contributed by atoms with Crippen LogP contribution in [0.25, 0.3) is 0 Å². The van der Waals surface area contributed by atoms with E-state index in [0.717, 1.165) is 13.0 Å². The van der Waals surface area contributed by atoms with Crippen molar-refractivity contribution in [3.63, 3.8) is 0 Å². The van der Waals surface area contributed by atoms with Gasteiger partial charge in [0.1, 0.15) is 0 Å². The molecular formula is C15H27NO. The first kappa shape index (κ1) is 12.9. The van der Waals surface area contributed by atoms with Crippen LogP contribution in [0.4, 0.5) is 0 Å². The number of hydrogen-bond acceptors (Lipinski definition) is 1. The fourth-order valence-corrected chi connectivity index (χ4v) is 3.47. The summed E-state index contributed by atoms with van der Waals surface area (Å²) in [5, 5.41) is 0. The first-order valence-electron chi connectivity index (χ1n) is 7.50. The van der Waals surface area contributed by atoms with Gasteiger partial charge in [-0.25, -0.2) is 0 Å². The van der Waals surface area contributed by atoms with Crippen molar-refractivity contribution >= 4 is 5.91 Å². The molecule has 0 radical (unpaired) electrons. The molecule has 0 aromatic heterocycles. The van der Waals surface area contributed by atoms with Crippen LogP contribution in [-0.4, -0.2) is 23.4 Å². The molecular weight excluding hydrogens is 210 g/mol. The zero-order chi connectivity index (χ0) is 12.3. The van der Waals surface area contributed by atoms with Crippen LogP contribution in [0.5, 0.6) is 0 Å². The molecule has 1 amide bonds. The van der Waals surface area contributed by atoms with Crippen molar-refractivity contribution in [3.05, 3.63) is 0 Å². The molecule has 0 aromatic carbocycles. The van der Waals surface area contributed by atoms with Crippen molar-refractivity contribution in [2.75, 3.05) is 6.54 Å². The van der Waals surface area contributed by atoms with Gasteiger partial charge in [0.05, 0.1) is 0 Å². The lowest BCUT2D eigenvalue weighted by atomic mass is 9.89. The van der Waals surface area contributed by atoms with Gasteiger partial charge in [0.2, 0.25) is 5.91 Å². The van der Waals surface area contributed by atoms with E-state index in [1.54, 1.807) is 0 Å². The van der Waals surface area contributed by atoms with Gasteiger partial charge in [0, 0.05) is 18.5 Å². The molecule has 2 fully saturated rings. The molecule has 98 valence electrons. The van der Waals surface area contributed by atoms with Crippen molar-refractivity contribution in [1.82, 2.24) is 4.90 Å². The van der Waals surface area contributed by atoms with E-state index in [2.05, 4.69) is 18.7 Å². The summed E-state index contributed by atoms with van der Waals surface area (Å²) >= 11 is 0. The van der Waals surface area contributed by atoms with Crippen molar-refractivity contribution in [2.24, 2.45) is 11.8 Å². The molecule has 2 aliphatic rings. The van der Waals surface area contributed by atoms with Gasteiger partial charge in [-0.1, -0.05) is 39.5 Å². The second kappa shape index (κ2) is 5.88. The minimum atomic E-state index is 0.291. The maximum atomic E-state index is 12.6. The normalized spacial score (nSPS) is 28.5. The lowest BCUT2D eigenvalue weighted by Crippen LogP contribution is -2.44. The maximum absolute atomic E-state index is 12.6. The number of rotatable bonds is 2. The number of hydrogen-bond donors (Lipinski definition) is 0. The number of nitrogens with zero attached hydrogens (tertiary/aromatic N) is 1. The third-order valence-corrected chi connectivity index (χ3v) is 4.58. The highest BCUT2D eigenvalue weighted by atomic mass is 16.2. The van der Waals surface area contributed by atoms with E-state index in [1.165, 1.54) is 44.9 Å². The molecule has 1 saturated heterocycles. The summed E-state index contributed by atoms with van der Waals surface area (Å²) in [7, 11) is 0. The van der Waals surface area contributed by atoms with Gasteiger partial charge in [0.15, 0.2) is 0 Å². The summed E-state index contributed by atoms with van der Waals surface area (Å²) in [6, 6.07) is 0.565. The summed E-state index contributed by atoms with van der Waals surface area (Å²) in [6.07, 6.45) is 10.1. The molecule has 1 atom stereocenters. The highest BCUT2D eigenvalue weighted by molar-refractivity contribution is 5.79. The highest BCUT2D eigenvalue weighted by Gasteiger charge is 2.33. The molecule has 2 nitrogen and oxygen atoms in total. The Morgan fingerprint density at radius 1 is 1.00 bits per heavy atom. The van der Waals surface area contributed by atoms with Gasteiger partial charge in [-0.05, 0) is 31.6 Å². The average molecular weight is 237 g/mol. The molecule has 1 heterocycles. The van der Waals surface area contributed by atoms with E-state index in [-0.39, 0.29) is 0 Å². The molecule has 0 N–H and O–H groups in total. The molecule has 1 saturated carbocycles. The fourth-order valence-electron chi connectivity index (χ4n) is 3.47. The van der Waals surface area contributed by atoms with Crippen LogP contribution >= 0.6 is 0 Å². The van der Waals surface area contributed by atoms with Crippen molar-refractivity contribution in [1.29, 1.82) is 0 Å². The molecule has 17 heavy (non-hydrogen) atoms. The average Bonchev–Trinajstić information content (AvgIpc) is 2.52. The molecule has 1 unspecified atom stereocenters. The van der Waals surface area contributed by atoms with Gasteiger partial charge in [-0.3, -0.25) is 4.79 Å². The SMILES string of the molecule is CC(C)C1CCCCN(C2CCCCC2)C1=O. The molecule has 0 bridgehead atoms. The Balaban J connectivity index is 2.05. The van der Waals surface area contributed by atoms with E-state index < -0.39 is 0 Å². The summed E-state index contributed by atoms with van der Waals surface area (Å²) in [5.41, 5.74) is 0. The first-order valence-corrected chi connectivity index (χ1v) is 7.50. The Labute approximate surface area is 106 Å². The third kappa shape index (κ3) is 3.02. The summed E-state index contributed by atoms with van der Waals surface area (Å²) in [5.74, 6) is 1.26. The molecule has 1 aliphatic heterocycles. The topological polar surface area (TPSA) is 20.3 Å². The predicted octanol–water partition coefficient (Wildman–Crippen LogP) is 3.60. The van der Waals surface area contributed by atoms with Crippen LogP contribution in [0.3, 0.4) is 0 Å². The molecule has 2 rings (SSSR count). The van der Waals surface area contributed by atoms with Gasteiger partial charge in [-0.2, -0.15) is 0 Å². The van der Waals surface area contributed by atoms with Gasteiger partial charge in [0.25, 0.3) is 0 Å². The molecule has 0 aromatic rings. The van der Waals surface area contributed by atoms with E-state index in [1.807, 2.05) is 0 Å². The van der Waals surface area contributed by atoms with Crippen molar-refractivity contribution < 1.29 is 4.79 Å². The predicted molar refractivity (Wildman–Crippen MR) is 70.8 cm³/mol. The van der Waals surface area contributed by atoms with Crippen molar-refractivity contribution in [2.45, 2.75) is 71.3 Å². The van der Waals surface area contributed by atoms with Gasteiger partial charge < -0.3 is 4.90 Å². The Morgan fingerprint density at radius 2 is 1.65 bits per heavy atom. The molecule has 1 aliphatic carbocycles. The second-order valence-corrected chi connectivity index (χ2v) is 6.17. The Hall–Kier alpha value is -0.530. The Bertz CT molecular complexity index is 256. The van der Waals surface area contributed by atoms with E-state index in [9.17, 15) is 4.79 Å². The fraction of sp³-hybridized carbons (Fsp3) is 0.933. The van der Waals surface area contributed by atoms with Crippen LogP contribution in [-0.2, 0) is 4.79 Å². The van der Waals surface area contributed by atoms with E-state index in [0.29, 0.717) is 23.8 Å². The minimum Gasteiger partial charge on any atom is -0.339 e. The van der Waals surface area contributed by atoms with Gasteiger partial charge in [-0.15, -0.1) is 0 Å². The zero-order valence-electron chi connectivity index (χ0n) is 11.5. The maximum Gasteiger partial charge on any atom is 0.226 e. The lowest BCUT2D eigenvalue weighted by molar-refractivity contribution is -0.139. The van der Waals surface area contributed by atoms with Crippen LogP contribution in [0.1, 0.15) is 65.2 Å². The number of likely N-dealkylation sites (tertiary alicyclic amines) is 1. The molecule has 0 spiro atoms. The van der Waals surface area contributed by atoms with Crippen LogP contribution in [0.2, 0.25) is 0 Å². The summed E-state index contributed by atoms with van der Waals surface area (Å²) in [4.78, 5) is 14.9. The third-order valence-electron chi connectivity index (χ3n) is 4.58. The zero-order valence-corrected chi connectivity index (χ0v) is 11.5. The van der Waals surface area contributed by atoms with E-state index >= 15 is 0 Å².